The van der Waals surface area contributed by atoms with E-state index in [1.807, 2.05) is 56.5 Å². The van der Waals surface area contributed by atoms with E-state index in [0.717, 1.165) is 31.7 Å². The number of carboxylic acid groups (broad SMARTS) is 1. The molecule has 0 amide bonds. The molecule has 0 aliphatic heterocycles. The number of anilines is 1. The molecular weight excluding hydrogens is 432 g/mol. The average molecular weight is 453 g/mol. The van der Waals surface area contributed by atoms with Crippen molar-refractivity contribution in [2.24, 2.45) is 0 Å². The zero-order valence-electron chi connectivity index (χ0n) is 14.8. The summed E-state index contributed by atoms with van der Waals surface area (Å²) in [6.45, 7) is 4.00. The number of hydrogen-bond donors (Lipinski definition) is 3. The van der Waals surface area contributed by atoms with E-state index in [-0.39, 0.29) is 6.42 Å². The minimum atomic E-state index is -0.879. The third-order valence-corrected chi connectivity index (χ3v) is 5.36. The first-order chi connectivity index (χ1) is 12.3. The maximum atomic E-state index is 11.3. The van der Waals surface area contributed by atoms with Crippen LogP contribution in [0.1, 0.15) is 29.2 Å². The number of thioether (sulfide) groups is 1. The first-order valence-electron chi connectivity index (χ1n) is 8.00. The van der Waals surface area contributed by atoms with Crippen LogP contribution in [-0.2, 0) is 4.79 Å². The van der Waals surface area contributed by atoms with Crippen LogP contribution >= 0.6 is 39.9 Å². The first kappa shape index (κ1) is 20.7. The second kappa shape index (κ2) is 9.39. The predicted octanol–water partition coefficient (Wildman–Crippen LogP) is 5.29. The summed E-state index contributed by atoms with van der Waals surface area (Å²) in [5, 5.41) is 16.0. The van der Waals surface area contributed by atoms with Gasteiger partial charge in [-0.1, -0.05) is 28.1 Å². The Bertz CT molecular complexity index is 787. The number of thiocarbonyl (C=S) groups is 1. The molecule has 2 aromatic carbocycles. The molecule has 26 heavy (non-hydrogen) atoms. The van der Waals surface area contributed by atoms with E-state index in [1.165, 1.54) is 0 Å². The van der Waals surface area contributed by atoms with Crippen molar-refractivity contribution in [1.82, 2.24) is 5.32 Å². The molecule has 0 bridgehead atoms. The number of halogens is 1. The van der Waals surface area contributed by atoms with Gasteiger partial charge in [-0.25, -0.2) is 0 Å². The molecule has 0 saturated heterocycles. The standard InChI is InChI=1S/C19H21BrN2O2S2/c1-11-8-14(20)9-12(2)18(11)22-19(25)21-16(10-17(23)24)13-4-6-15(26-3)7-5-13/h4-9,16H,10H2,1-3H3,(H,23,24)(H2,21,22,25)/t16-/m1/s1. The Morgan fingerprint density at radius 1 is 1.23 bits per heavy atom. The van der Waals surface area contributed by atoms with Gasteiger partial charge in [0.25, 0.3) is 0 Å². The maximum Gasteiger partial charge on any atom is 0.305 e. The molecule has 0 aliphatic rings. The van der Waals surface area contributed by atoms with Crippen molar-refractivity contribution in [2.75, 3.05) is 11.6 Å². The highest BCUT2D eigenvalue weighted by Gasteiger charge is 2.17. The SMILES string of the molecule is CSc1ccc([C@@H](CC(=O)O)NC(=S)Nc2c(C)cc(Br)cc2C)cc1. The molecule has 0 heterocycles. The molecule has 0 unspecified atom stereocenters. The van der Waals surface area contributed by atoms with Gasteiger partial charge in [0.1, 0.15) is 0 Å². The van der Waals surface area contributed by atoms with Crippen LogP contribution in [0.3, 0.4) is 0 Å². The highest BCUT2D eigenvalue weighted by molar-refractivity contribution is 9.10. The fourth-order valence-electron chi connectivity index (χ4n) is 2.68. The molecule has 0 aliphatic carbocycles. The van der Waals surface area contributed by atoms with Gasteiger partial charge in [0.2, 0.25) is 0 Å². The molecule has 0 spiro atoms. The molecule has 138 valence electrons. The largest absolute Gasteiger partial charge is 0.481 e. The Hall–Kier alpha value is -1.57. The van der Waals surface area contributed by atoms with Crippen molar-refractivity contribution in [3.63, 3.8) is 0 Å². The number of aryl methyl sites for hydroxylation is 2. The molecular formula is C19H21BrN2O2S2. The lowest BCUT2D eigenvalue weighted by Crippen LogP contribution is -2.34. The van der Waals surface area contributed by atoms with E-state index in [0.29, 0.717) is 5.11 Å². The highest BCUT2D eigenvalue weighted by Crippen LogP contribution is 2.26. The average Bonchev–Trinajstić information content (AvgIpc) is 2.57. The lowest BCUT2D eigenvalue weighted by molar-refractivity contribution is -0.137. The normalized spacial score (nSPS) is 11.7. The van der Waals surface area contributed by atoms with Gasteiger partial charge in [0.05, 0.1) is 12.5 Å². The summed E-state index contributed by atoms with van der Waals surface area (Å²) in [4.78, 5) is 12.4. The van der Waals surface area contributed by atoms with Crippen molar-refractivity contribution in [3.05, 3.63) is 57.6 Å². The van der Waals surface area contributed by atoms with Crippen molar-refractivity contribution in [1.29, 1.82) is 0 Å². The zero-order chi connectivity index (χ0) is 19.3. The van der Waals surface area contributed by atoms with E-state index in [4.69, 9.17) is 12.2 Å². The molecule has 0 saturated carbocycles. The molecule has 7 heteroatoms. The Morgan fingerprint density at radius 2 is 1.81 bits per heavy atom. The summed E-state index contributed by atoms with van der Waals surface area (Å²) >= 11 is 10.6. The smallest absolute Gasteiger partial charge is 0.305 e. The van der Waals surface area contributed by atoms with Gasteiger partial charge in [0.15, 0.2) is 5.11 Å². The molecule has 0 radical (unpaired) electrons. The van der Waals surface area contributed by atoms with Crippen LogP contribution < -0.4 is 10.6 Å². The second-order valence-corrected chi connectivity index (χ2v) is 8.14. The fourth-order valence-corrected chi connectivity index (χ4v) is 4.02. The van der Waals surface area contributed by atoms with E-state index in [9.17, 15) is 9.90 Å². The van der Waals surface area contributed by atoms with Crippen LogP contribution in [-0.4, -0.2) is 22.4 Å². The number of rotatable bonds is 6. The summed E-state index contributed by atoms with van der Waals surface area (Å²) in [5.41, 5.74) is 3.93. The van der Waals surface area contributed by atoms with Crippen molar-refractivity contribution in [2.45, 2.75) is 31.2 Å². The van der Waals surface area contributed by atoms with E-state index < -0.39 is 12.0 Å². The van der Waals surface area contributed by atoms with Crippen molar-refractivity contribution in [3.8, 4) is 0 Å². The number of benzene rings is 2. The lowest BCUT2D eigenvalue weighted by Gasteiger charge is -2.21. The van der Waals surface area contributed by atoms with Crippen LogP contribution in [0.5, 0.6) is 0 Å². The van der Waals surface area contributed by atoms with Gasteiger partial charge >= 0.3 is 5.97 Å². The van der Waals surface area contributed by atoms with E-state index in [1.54, 1.807) is 11.8 Å². The monoisotopic (exact) mass is 452 g/mol. The second-order valence-electron chi connectivity index (χ2n) is 5.94. The Labute approximate surface area is 171 Å². The predicted molar refractivity (Wildman–Crippen MR) is 116 cm³/mol. The number of carbonyl (C=O) groups is 1. The number of aliphatic carboxylic acids is 1. The van der Waals surface area contributed by atoms with Crippen LogP contribution in [0.25, 0.3) is 0 Å². The molecule has 0 fully saturated rings. The molecule has 1 atom stereocenters. The van der Waals surface area contributed by atoms with Crippen LogP contribution in [0.2, 0.25) is 0 Å². The van der Waals surface area contributed by atoms with Gasteiger partial charge in [-0.05, 0) is 73.3 Å². The van der Waals surface area contributed by atoms with Gasteiger partial charge in [0, 0.05) is 15.1 Å². The van der Waals surface area contributed by atoms with Crippen molar-refractivity contribution < 1.29 is 9.90 Å². The van der Waals surface area contributed by atoms with Crippen LogP contribution in [0.4, 0.5) is 5.69 Å². The molecule has 4 nitrogen and oxygen atoms in total. The molecule has 3 N–H and O–H groups in total. The Morgan fingerprint density at radius 3 is 2.31 bits per heavy atom. The van der Waals surface area contributed by atoms with E-state index in [2.05, 4.69) is 26.6 Å². The molecule has 2 aromatic rings. The van der Waals surface area contributed by atoms with Crippen molar-refractivity contribution >= 4 is 56.7 Å². The fraction of sp³-hybridized carbons (Fsp3) is 0.263. The summed E-state index contributed by atoms with van der Waals surface area (Å²) < 4.78 is 1.01. The summed E-state index contributed by atoms with van der Waals surface area (Å²) in [6.07, 6.45) is 1.95. The first-order valence-corrected chi connectivity index (χ1v) is 10.4. The van der Waals surface area contributed by atoms with Crippen LogP contribution in [0, 0.1) is 13.8 Å². The quantitative estimate of drug-likeness (QED) is 0.408. The zero-order valence-corrected chi connectivity index (χ0v) is 18.0. The number of carboxylic acids is 1. The van der Waals surface area contributed by atoms with Crippen LogP contribution in [0.15, 0.2) is 45.8 Å². The number of hydrogen-bond acceptors (Lipinski definition) is 3. The summed E-state index contributed by atoms with van der Waals surface area (Å²) in [5.74, 6) is -0.879. The molecule has 0 aromatic heterocycles. The lowest BCUT2D eigenvalue weighted by atomic mass is 10.0. The number of nitrogens with one attached hydrogen (secondary N) is 2. The highest BCUT2D eigenvalue weighted by atomic mass is 79.9. The third-order valence-electron chi connectivity index (χ3n) is 3.94. The topological polar surface area (TPSA) is 61.4 Å². The van der Waals surface area contributed by atoms with Gasteiger partial charge < -0.3 is 15.7 Å². The Balaban J connectivity index is 2.17. The van der Waals surface area contributed by atoms with Gasteiger partial charge in [-0.3, -0.25) is 4.79 Å². The Kier molecular flexibility index (Phi) is 7.49. The minimum absolute atomic E-state index is 0.0568. The third kappa shape index (κ3) is 5.72. The van der Waals surface area contributed by atoms with E-state index >= 15 is 0 Å². The van der Waals surface area contributed by atoms with Gasteiger partial charge in [-0.2, -0.15) is 0 Å². The molecule has 2 rings (SSSR count). The summed E-state index contributed by atoms with van der Waals surface area (Å²) in [7, 11) is 0. The van der Waals surface area contributed by atoms with Gasteiger partial charge in [-0.15, -0.1) is 11.8 Å². The maximum absolute atomic E-state index is 11.3. The summed E-state index contributed by atoms with van der Waals surface area (Å²) in [6, 6.07) is 11.4. The minimum Gasteiger partial charge on any atom is -0.481 e.